The lowest BCUT2D eigenvalue weighted by Gasteiger charge is -2.25. The van der Waals surface area contributed by atoms with Crippen LogP contribution < -0.4 is 20.5 Å². The fourth-order valence-corrected chi connectivity index (χ4v) is 2.22. The third-order valence-electron chi connectivity index (χ3n) is 3.76. The molecule has 116 valence electrons. The molecule has 6 heteroatoms. The van der Waals surface area contributed by atoms with Crippen LogP contribution in [0.4, 0.5) is 5.69 Å². The normalized spacial score (nSPS) is 24.7. The molecule has 1 aromatic carbocycles. The van der Waals surface area contributed by atoms with Gasteiger partial charge in [0.05, 0.1) is 32.3 Å². The van der Waals surface area contributed by atoms with Crippen LogP contribution in [0.25, 0.3) is 0 Å². The van der Waals surface area contributed by atoms with E-state index in [4.69, 9.17) is 19.9 Å². The van der Waals surface area contributed by atoms with E-state index in [0.29, 0.717) is 37.0 Å². The van der Waals surface area contributed by atoms with Gasteiger partial charge in [-0.1, -0.05) is 0 Å². The lowest BCUT2D eigenvalue weighted by molar-refractivity contribution is -0.125. The van der Waals surface area contributed by atoms with E-state index >= 15 is 0 Å². The van der Waals surface area contributed by atoms with E-state index in [0.717, 1.165) is 0 Å². The molecule has 1 heterocycles. The molecule has 6 nitrogen and oxygen atoms in total. The first-order valence-corrected chi connectivity index (χ1v) is 6.97. The molecular weight excluding hydrogens is 272 g/mol. The number of carbonyl (C=O) groups excluding carboxylic acids is 1. The minimum absolute atomic E-state index is 0.154. The molecule has 0 radical (unpaired) electrons. The molecule has 0 saturated carbocycles. The van der Waals surface area contributed by atoms with Gasteiger partial charge in [0.2, 0.25) is 5.91 Å². The number of hydrogen-bond donors (Lipinski definition) is 2. The van der Waals surface area contributed by atoms with E-state index in [1.807, 2.05) is 13.8 Å². The molecular formula is C15H22N2O4. The highest BCUT2D eigenvalue weighted by molar-refractivity contribution is 5.96. The average molecular weight is 294 g/mol. The maximum Gasteiger partial charge on any atom is 0.234 e. The number of benzene rings is 1. The Morgan fingerprint density at radius 2 is 2.29 bits per heavy atom. The van der Waals surface area contributed by atoms with Gasteiger partial charge in [-0.3, -0.25) is 4.79 Å². The van der Waals surface area contributed by atoms with Gasteiger partial charge in [0.1, 0.15) is 0 Å². The van der Waals surface area contributed by atoms with Crippen LogP contribution in [0.2, 0.25) is 0 Å². The summed E-state index contributed by atoms with van der Waals surface area (Å²) in [5.74, 6) is 1.07. The van der Waals surface area contributed by atoms with Crippen LogP contribution >= 0.6 is 0 Å². The van der Waals surface area contributed by atoms with Crippen LogP contribution in [-0.2, 0) is 9.53 Å². The maximum absolute atomic E-state index is 12.4. The van der Waals surface area contributed by atoms with Crippen LogP contribution in [0.5, 0.6) is 11.5 Å². The van der Waals surface area contributed by atoms with Crippen LogP contribution in [0.1, 0.15) is 13.8 Å². The van der Waals surface area contributed by atoms with Crippen molar-refractivity contribution in [2.45, 2.75) is 19.9 Å². The molecule has 0 spiro atoms. The highest BCUT2D eigenvalue weighted by Crippen LogP contribution is 2.32. The first-order chi connectivity index (χ1) is 10.0. The number of anilines is 1. The number of hydrogen-bond acceptors (Lipinski definition) is 5. The van der Waals surface area contributed by atoms with Crippen molar-refractivity contribution < 1.29 is 19.0 Å². The van der Waals surface area contributed by atoms with Gasteiger partial charge in [-0.25, -0.2) is 0 Å². The van der Waals surface area contributed by atoms with Gasteiger partial charge < -0.3 is 25.3 Å². The van der Waals surface area contributed by atoms with Crippen molar-refractivity contribution in [2.75, 3.05) is 32.2 Å². The molecule has 1 aliphatic heterocycles. The van der Waals surface area contributed by atoms with E-state index in [2.05, 4.69) is 5.32 Å². The Labute approximate surface area is 124 Å². The zero-order valence-corrected chi connectivity index (χ0v) is 12.6. The molecule has 1 amide bonds. The summed E-state index contributed by atoms with van der Waals surface area (Å²) in [7, 11) is 1.56. The molecule has 2 unspecified atom stereocenters. The van der Waals surface area contributed by atoms with E-state index in [1.54, 1.807) is 25.3 Å². The van der Waals surface area contributed by atoms with Crippen molar-refractivity contribution in [1.82, 2.24) is 0 Å². The topological polar surface area (TPSA) is 82.8 Å². The number of amides is 1. The van der Waals surface area contributed by atoms with Crippen molar-refractivity contribution in [3.63, 3.8) is 0 Å². The number of methoxy groups -OCH3 is 1. The number of nitrogens with one attached hydrogen (secondary N) is 1. The molecule has 1 aromatic rings. The van der Waals surface area contributed by atoms with Crippen molar-refractivity contribution in [1.29, 1.82) is 0 Å². The second-order valence-corrected chi connectivity index (χ2v) is 5.29. The van der Waals surface area contributed by atoms with Crippen molar-refractivity contribution >= 4 is 11.6 Å². The van der Waals surface area contributed by atoms with Crippen molar-refractivity contribution in [3.8, 4) is 11.5 Å². The Morgan fingerprint density at radius 1 is 1.52 bits per heavy atom. The van der Waals surface area contributed by atoms with Crippen molar-refractivity contribution in [3.05, 3.63) is 18.2 Å². The highest BCUT2D eigenvalue weighted by atomic mass is 16.5. The Bertz CT molecular complexity index is 520. The summed E-state index contributed by atoms with van der Waals surface area (Å²) in [6, 6.07) is 4.97. The van der Waals surface area contributed by atoms with Gasteiger partial charge in [-0.15, -0.1) is 0 Å². The fraction of sp³-hybridized carbons (Fsp3) is 0.533. The van der Waals surface area contributed by atoms with E-state index in [1.165, 1.54) is 0 Å². The molecule has 3 N–H and O–H groups in total. The summed E-state index contributed by atoms with van der Waals surface area (Å²) in [5, 5.41) is 2.86. The predicted molar refractivity (Wildman–Crippen MR) is 79.7 cm³/mol. The Kier molecular flexibility index (Phi) is 4.69. The third-order valence-corrected chi connectivity index (χ3v) is 3.76. The zero-order valence-electron chi connectivity index (χ0n) is 12.6. The monoisotopic (exact) mass is 294 g/mol. The number of rotatable bonds is 5. The van der Waals surface area contributed by atoms with E-state index in [-0.39, 0.29) is 11.9 Å². The quantitative estimate of drug-likeness (QED) is 0.857. The number of carbonyl (C=O) groups is 1. The fourth-order valence-electron chi connectivity index (χ4n) is 2.22. The molecule has 1 aliphatic rings. The summed E-state index contributed by atoms with van der Waals surface area (Å²) in [6.45, 7) is 4.99. The van der Waals surface area contributed by atoms with Gasteiger partial charge in [-0.2, -0.15) is 0 Å². The second-order valence-electron chi connectivity index (χ2n) is 5.29. The van der Waals surface area contributed by atoms with Gasteiger partial charge in [0, 0.05) is 17.8 Å². The summed E-state index contributed by atoms with van der Waals surface area (Å²) in [5.41, 5.74) is 5.88. The van der Waals surface area contributed by atoms with Crippen LogP contribution in [-0.4, -0.2) is 38.9 Å². The summed E-state index contributed by atoms with van der Waals surface area (Å²) in [6.07, 6.45) is 0. The minimum atomic E-state index is -0.716. The van der Waals surface area contributed by atoms with Gasteiger partial charge in [0.25, 0.3) is 0 Å². The molecule has 0 bridgehead atoms. The Morgan fingerprint density at radius 3 is 2.86 bits per heavy atom. The van der Waals surface area contributed by atoms with Crippen LogP contribution in [0.3, 0.4) is 0 Å². The molecule has 1 saturated heterocycles. The largest absolute Gasteiger partial charge is 0.493 e. The maximum atomic E-state index is 12.4. The van der Waals surface area contributed by atoms with E-state index < -0.39 is 5.41 Å². The molecule has 2 atom stereocenters. The molecule has 2 rings (SSSR count). The third kappa shape index (κ3) is 3.11. The molecule has 0 aromatic heterocycles. The average Bonchev–Trinajstić information content (AvgIpc) is 2.82. The number of nitrogens with two attached hydrogens (primary N) is 1. The van der Waals surface area contributed by atoms with Crippen molar-refractivity contribution in [2.24, 2.45) is 11.1 Å². The second kappa shape index (κ2) is 6.32. The molecule has 1 fully saturated rings. The van der Waals surface area contributed by atoms with Crippen LogP contribution in [0.15, 0.2) is 18.2 Å². The molecule has 0 aliphatic carbocycles. The van der Waals surface area contributed by atoms with E-state index in [9.17, 15) is 4.79 Å². The Balaban J connectivity index is 2.14. The first kappa shape index (κ1) is 15.6. The Hall–Kier alpha value is -1.79. The smallest absolute Gasteiger partial charge is 0.234 e. The lowest BCUT2D eigenvalue weighted by atomic mass is 9.85. The zero-order chi connectivity index (χ0) is 15.5. The first-order valence-electron chi connectivity index (χ1n) is 6.97. The number of ether oxygens (including phenoxy) is 3. The summed E-state index contributed by atoms with van der Waals surface area (Å²) in [4.78, 5) is 12.4. The van der Waals surface area contributed by atoms with Gasteiger partial charge in [-0.05, 0) is 26.0 Å². The molecule has 21 heavy (non-hydrogen) atoms. The van der Waals surface area contributed by atoms with Crippen LogP contribution in [0, 0.1) is 5.41 Å². The standard InChI is InChI=1S/C15H22N2O4/c1-4-21-11-6-5-10(7-12(11)19-3)17-14(18)15(2)9-20-8-13(15)16/h5-7,13H,4,8-9,16H2,1-3H3,(H,17,18). The predicted octanol–water partition coefficient (Wildman–Crippen LogP) is 1.40. The van der Waals surface area contributed by atoms with Gasteiger partial charge in [0.15, 0.2) is 11.5 Å². The van der Waals surface area contributed by atoms with Gasteiger partial charge >= 0.3 is 0 Å². The SMILES string of the molecule is CCOc1ccc(NC(=O)C2(C)COCC2N)cc1OC. The summed E-state index contributed by atoms with van der Waals surface area (Å²) < 4.78 is 16.0. The lowest BCUT2D eigenvalue weighted by Crippen LogP contribution is -2.47. The minimum Gasteiger partial charge on any atom is -0.493 e. The highest BCUT2D eigenvalue weighted by Gasteiger charge is 2.44. The summed E-state index contributed by atoms with van der Waals surface area (Å²) >= 11 is 0.